The molecule has 0 radical (unpaired) electrons. The molecule has 0 spiro atoms. The molecule has 3 N–H and O–H groups in total. The Kier molecular flexibility index (Phi) is 4.93. The third-order valence-corrected chi connectivity index (χ3v) is 2.09. The van der Waals surface area contributed by atoms with Crippen molar-refractivity contribution in [3.8, 4) is 11.5 Å². The number of ether oxygens (including phenoxy) is 1. The van der Waals surface area contributed by atoms with Crippen LogP contribution in [0.1, 0.15) is 12.0 Å². The molecule has 0 bridgehead atoms. The Bertz CT molecular complexity index is 302. The molecule has 4 nitrogen and oxygen atoms in total. The van der Waals surface area contributed by atoms with Gasteiger partial charge in [0.15, 0.2) is 0 Å². The first-order valence-electron chi connectivity index (χ1n) is 4.94. The Balaban J connectivity index is 2.31. The van der Waals surface area contributed by atoms with Crippen molar-refractivity contribution in [1.29, 1.82) is 0 Å². The predicted molar refractivity (Wildman–Crippen MR) is 58.0 cm³/mol. The van der Waals surface area contributed by atoms with Crippen LogP contribution in [0.4, 0.5) is 0 Å². The van der Waals surface area contributed by atoms with Gasteiger partial charge in [0.2, 0.25) is 0 Å². The van der Waals surface area contributed by atoms with E-state index in [1.54, 1.807) is 19.2 Å². The van der Waals surface area contributed by atoms with Crippen molar-refractivity contribution in [3.63, 3.8) is 0 Å². The highest BCUT2D eigenvalue weighted by Gasteiger charge is 2.00. The molecule has 1 rings (SSSR count). The maximum Gasteiger partial charge on any atom is 0.123 e. The van der Waals surface area contributed by atoms with Crippen LogP contribution in [0, 0.1) is 0 Å². The Labute approximate surface area is 89.5 Å². The number of rotatable bonds is 6. The average Bonchev–Trinajstić information content (AvgIpc) is 2.20. The molecule has 0 saturated heterocycles. The molecule has 0 amide bonds. The maximum atomic E-state index is 9.47. The highest BCUT2D eigenvalue weighted by Crippen LogP contribution is 2.21. The van der Waals surface area contributed by atoms with E-state index >= 15 is 0 Å². The summed E-state index contributed by atoms with van der Waals surface area (Å²) < 4.78 is 4.91. The summed E-state index contributed by atoms with van der Waals surface area (Å²) in [6.07, 6.45) is 0.940. The summed E-state index contributed by atoms with van der Waals surface area (Å²) in [5, 5.41) is 21.7. The maximum absolute atomic E-state index is 9.47. The first-order valence-corrected chi connectivity index (χ1v) is 4.94. The smallest absolute Gasteiger partial charge is 0.123 e. The normalized spacial score (nSPS) is 10.5. The summed E-state index contributed by atoms with van der Waals surface area (Å²) in [7, 11) is 1.67. The number of methoxy groups -OCH3 is 1. The molecule has 4 heteroatoms. The van der Waals surface area contributed by atoms with Crippen LogP contribution in [0.3, 0.4) is 0 Å². The first-order chi connectivity index (χ1) is 7.24. The van der Waals surface area contributed by atoms with Gasteiger partial charge in [0, 0.05) is 31.9 Å². The lowest BCUT2D eigenvalue weighted by Crippen LogP contribution is -2.16. The number of phenolic OH excluding ortho intramolecular Hbond substituents is 2. The van der Waals surface area contributed by atoms with Crippen LogP contribution in [0.5, 0.6) is 11.5 Å². The van der Waals surface area contributed by atoms with Gasteiger partial charge in [0.1, 0.15) is 11.5 Å². The largest absolute Gasteiger partial charge is 0.508 e. The van der Waals surface area contributed by atoms with Gasteiger partial charge in [-0.05, 0) is 19.0 Å². The van der Waals surface area contributed by atoms with Gasteiger partial charge in [0.05, 0.1) is 0 Å². The minimum atomic E-state index is 0.0793. The molecule has 0 heterocycles. The molecule has 15 heavy (non-hydrogen) atoms. The summed E-state index contributed by atoms with van der Waals surface area (Å²) >= 11 is 0. The lowest BCUT2D eigenvalue weighted by atomic mass is 10.2. The van der Waals surface area contributed by atoms with Gasteiger partial charge in [0.25, 0.3) is 0 Å². The Hall–Kier alpha value is -1.26. The second-order valence-corrected chi connectivity index (χ2v) is 3.34. The van der Waals surface area contributed by atoms with E-state index < -0.39 is 0 Å². The van der Waals surface area contributed by atoms with Crippen molar-refractivity contribution < 1.29 is 14.9 Å². The van der Waals surface area contributed by atoms with Gasteiger partial charge >= 0.3 is 0 Å². The SMILES string of the molecule is COCCCNCc1ccc(O)cc1O. The Morgan fingerprint density at radius 1 is 1.33 bits per heavy atom. The third kappa shape index (κ3) is 4.18. The fourth-order valence-electron chi connectivity index (χ4n) is 1.27. The molecule has 0 aliphatic carbocycles. The lowest BCUT2D eigenvalue weighted by molar-refractivity contribution is 0.194. The zero-order chi connectivity index (χ0) is 11.1. The molecule has 1 aromatic rings. The van der Waals surface area contributed by atoms with Gasteiger partial charge in [-0.15, -0.1) is 0 Å². The monoisotopic (exact) mass is 211 g/mol. The van der Waals surface area contributed by atoms with Crippen molar-refractivity contribution in [2.24, 2.45) is 0 Å². The lowest BCUT2D eigenvalue weighted by Gasteiger charge is -2.06. The van der Waals surface area contributed by atoms with E-state index in [4.69, 9.17) is 9.84 Å². The fourth-order valence-corrected chi connectivity index (χ4v) is 1.27. The average molecular weight is 211 g/mol. The third-order valence-electron chi connectivity index (χ3n) is 2.09. The summed E-state index contributed by atoms with van der Waals surface area (Å²) in [5.41, 5.74) is 0.783. The van der Waals surface area contributed by atoms with Gasteiger partial charge in [-0.1, -0.05) is 6.07 Å². The quantitative estimate of drug-likeness (QED) is 0.619. The Morgan fingerprint density at radius 3 is 2.80 bits per heavy atom. The minimum absolute atomic E-state index is 0.0793. The topological polar surface area (TPSA) is 61.7 Å². The Morgan fingerprint density at radius 2 is 2.13 bits per heavy atom. The van der Waals surface area contributed by atoms with Crippen molar-refractivity contribution in [3.05, 3.63) is 23.8 Å². The van der Waals surface area contributed by atoms with Gasteiger partial charge in [-0.3, -0.25) is 0 Å². The zero-order valence-corrected chi connectivity index (χ0v) is 8.86. The van der Waals surface area contributed by atoms with Gasteiger partial charge in [-0.2, -0.15) is 0 Å². The number of benzene rings is 1. The summed E-state index contributed by atoms with van der Waals surface area (Å²) in [6.45, 7) is 2.17. The van der Waals surface area contributed by atoms with Gasteiger partial charge < -0.3 is 20.3 Å². The van der Waals surface area contributed by atoms with E-state index in [9.17, 15) is 5.11 Å². The molecule has 1 aromatic carbocycles. The van der Waals surface area contributed by atoms with Crippen LogP contribution >= 0.6 is 0 Å². The summed E-state index contributed by atoms with van der Waals surface area (Å²) in [6, 6.07) is 4.60. The molecule has 0 aliphatic heterocycles. The molecule has 0 aliphatic rings. The van der Waals surface area contributed by atoms with Crippen molar-refractivity contribution in [2.45, 2.75) is 13.0 Å². The minimum Gasteiger partial charge on any atom is -0.508 e. The fraction of sp³-hybridized carbons (Fsp3) is 0.455. The van der Waals surface area contributed by atoms with E-state index in [1.165, 1.54) is 6.07 Å². The van der Waals surface area contributed by atoms with Crippen molar-refractivity contribution in [1.82, 2.24) is 5.32 Å². The van der Waals surface area contributed by atoms with Crippen molar-refractivity contribution >= 4 is 0 Å². The van der Waals surface area contributed by atoms with Gasteiger partial charge in [-0.25, -0.2) is 0 Å². The van der Waals surface area contributed by atoms with Crippen LogP contribution in [-0.4, -0.2) is 30.5 Å². The number of aromatic hydroxyl groups is 2. The summed E-state index contributed by atoms with van der Waals surface area (Å²) in [4.78, 5) is 0. The molecule has 0 aromatic heterocycles. The van der Waals surface area contributed by atoms with Crippen molar-refractivity contribution in [2.75, 3.05) is 20.3 Å². The first kappa shape index (κ1) is 11.8. The van der Waals surface area contributed by atoms with E-state index in [0.29, 0.717) is 6.54 Å². The molecule has 0 saturated carbocycles. The summed E-state index contributed by atoms with van der Waals surface area (Å²) in [5.74, 6) is 0.199. The van der Waals surface area contributed by atoms with Crippen LogP contribution in [-0.2, 0) is 11.3 Å². The number of nitrogens with one attached hydrogen (secondary N) is 1. The van der Waals surface area contributed by atoms with Crippen LogP contribution in [0.2, 0.25) is 0 Å². The second-order valence-electron chi connectivity index (χ2n) is 3.34. The molecule has 0 atom stereocenters. The van der Waals surface area contributed by atoms with E-state index in [-0.39, 0.29) is 11.5 Å². The van der Waals surface area contributed by atoms with E-state index in [0.717, 1.165) is 25.1 Å². The highest BCUT2D eigenvalue weighted by molar-refractivity contribution is 5.38. The standard InChI is InChI=1S/C11H17NO3/c1-15-6-2-5-12-8-9-3-4-10(13)7-11(9)14/h3-4,7,12-14H,2,5-6,8H2,1H3. The number of hydrogen-bond donors (Lipinski definition) is 3. The molecule has 0 unspecified atom stereocenters. The van der Waals surface area contributed by atoms with Crippen LogP contribution in [0.15, 0.2) is 18.2 Å². The zero-order valence-electron chi connectivity index (χ0n) is 8.86. The predicted octanol–water partition coefficient (Wildman–Crippen LogP) is 1.22. The molecule has 0 fully saturated rings. The van der Waals surface area contributed by atoms with E-state index in [1.807, 2.05) is 0 Å². The highest BCUT2D eigenvalue weighted by atomic mass is 16.5. The van der Waals surface area contributed by atoms with Crippen LogP contribution in [0.25, 0.3) is 0 Å². The second kappa shape index (κ2) is 6.27. The number of hydrogen-bond acceptors (Lipinski definition) is 4. The van der Waals surface area contributed by atoms with Crippen LogP contribution < -0.4 is 5.32 Å². The number of phenols is 2. The molecule has 84 valence electrons. The molecular formula is C11H17NO3. The van der Waals surface area contributed by atoms with E-state index in [2.05, 4.69) is 5.32 Å². The molecular weight excluding hydrogens is 194 g/mol.